The molecule has 24 heavy (non-hydrogen) atoms. The van der Waals surface area contributed by atoms with Gasteiger partial charge in [-0.05, 0) is 59.2 Å². The molecule has 1 aromatic heterocycles. The van der Waals surface area contributed by atoms with E-state index < -0.39 is 16.5 Å². The van der Waals surface area contributed by atoms with Gasteiger partial charge in [-0.3, -0.25) is 4.39 Å². The van der Waals surface area contributed by atoms with Gasteiger partial charge < -0.3 is 0 Å². The second-order valence-corrected chi connectivity index (χ2v) is 8.01. The largest absolute Gasteiger partial charge is 0.251 e. The van der Waals surface area contributed by atoms with E-state index in [1.165, 1.54) is 24.4 Å². The van der Waals surface area contributed by atoms with Gasteiger partial charge in [0.1, 0.15) is 5.82 Å². The molecule has 1 aromatic carbocycles. The van der Waals surface area contributed by atoms with Crippen LogP contribution < -0.4 is 0 Å². The second kappa shape index (κ2) is 6.43. The average molecular weight is 349 g/mol. The number of rotatable bonds is 4. The first-order valence-electron chi connectivity index (χ1n) is 7.59. The molecule has 0 spiro atoms. The maximum Gasteiger partial charge on any atom is 0.192 e. The summed E-state index contributed by atoms with van der Waals surface area (Å²) in [5, 5.41) is 0.00946. The molecule has 0 N–H and O–H groups in total. The highest BCUT2D eigenvalue weighted by atomic mass is 32.2. The summed E-state index contributed by atoms with van der Waals surface area (Å²) in [6, 6.07) is 9.29. The van der Waals surface area contributed by atoms with Crippen molar-refractivity contribution in [1.29, 1.82) is 0 Å². The van der Waals surface area contributed by atoms with Crippen molar-refractivity contribution < 1.29 is 17.2 Å². The van der Waals surface area contributed by atoms with Crippen molar-refractivity contribution in [1.82, 2.24) is 4.98 Å². The van der Waals surface area contributed by atoms with Gasteiger partial charge in [0.05, 0.1) is 6.67 Å². The van der Waals surface area contributed by atoms with Crippen molar-refractivity contribution in [2.45, 2.75) is 17.9 Å². The lowest BCUT2D eigenvalue weighted by atomic mass is 9.98. The molecule has 1 aliphatic carbocycles. The van der Waals surface area contributed by atoms with E-state index in [2.05, 4.69) is 4.98 Å². The van der Waals surface area contributed by atoms with Crippen LogP contribution in [0.15, 0.2) is 47.6 Å². The van der Waals surface area contributed by atoms with Crippen LogP contribution in [0, 0.1) is 11.7 Å². The molecule has 0 fully saturated rings. The maximum absolute atomic E-state index is 13.2. The molecule has 1 unspecified atom stereocenters. The van der Waals surface area contributed by atoms with Crippen molar-refractivity contribution in [3.8, 4) is 0 Å². The maximum atomic E-state index is 13.2. The highest BCUT2D eigenvalue weighted by Gasteiger charge is 2.26. The Bertz CT molecular complexity index is 872. The number of pyridine rings is 1. The summed E-state index contributed by atoms with van der Waals surface area (Å²) in [5.74, 6) is -0.435. The summed E-state index contributed by atoms with van der Waals surface area (Å²) < 4.78 is 49.4. The molecule has 0 aliphatic heterocycles. The van der Waals surface area contributed by atoms with Gasteiger partial charge in [-0.15, -0.1) is 0 Å². The van der Waals surface area contributed by atoms with Gasteiger partial charge >= 0.3 is 0 Å². The molecule has 6 heteroatoms. The fraction of sp³-hybridized carbons (Fsp3) is 0.278. The highest BCUT2D eigenvalue weighted by Crippen LogP contribution is 2.43. The molecule has 0 saturated carbocycles. The molecule has 3 rings (SSSR count). The lowest BCUT2D eigenvalue weighted by Crippen LogP contribution is -2.01. The van der Waals surface area contributed by atoms with Crippen LogP contribution in [0.1, 0.15) is 24.0 Å². The number of hydrogen-bond acceptors (Lipinski definition) is 3. The molecule has 126 valence electrons. The third-order valence-electron chi connectivity index (χ3n) is 4.23. The number of alkyl halides is 1. The fourth-order valence-electron chi connectivity index (χ4n) is 3.02. The van der Waals surface area contributed by atoms with Crippen LogP contribution in [0.25, 0.3) is 11.1 Å². The smallest absolute Gasteiger partial charge is 0.192 e. The Morgan fingerprint density at radius 1 is 1.04 bits per heavy atom. The van der Waals surface area contributed by atoms with Crippen molar-refractivity contribution in [3.63, 3.8) is 0 Å². The molecule has 0 amide bonds. The minimum atomic E-state index is -3.36. The number of allylic oxidation sites excluding steroid dienone is 2. The predicted molar refractivity (Wildman–Crippen MR) is 89.3 cm³/mol. The number of nitrogens with zero attached hydrogens (tertiary/aromatic N) is 1. The van der Waals surface area contributed by atoms with Crippen molar-refractivity contribution in [2.24, 2.45) is 5.92 Å². The molecule has 0 bridgehead atoms. The summed E-state index contributed by atoms with van der Waals surface area (Å²) in [4.78, 5) is 4.01. The zero-order valence-corrected chi connectivity index (χ0v) is 14.0. The van der Waals surface area contributed by atoms with E-state index in [0.29, 0.717) is 12.8 Å². The van der Waals surface area contributed by atoms with Crippen LogP contribution in [0.3, 0.4) is 0 Å². The minimum absolute atomic E-state index is 0.00946. The van der Waals surface area contributed by atoms with E-state index in [1.54, 1.807) is 18.2 Å². The molecule has 1 atom stereocenters. The first-order valence-corrected chi connectivity index (χ1v) is 9.48. The van der Waals surface area contributed by atoms with Gasteiger partial charge in [0.15, 0.2) is 14.9 Å². The van der Waals surface area contributed by atoms with Gasteiger partial charge in [0.2, 0.25) is 0 Å². The van der Waals surface area contributed by atoms with Gasteiger partial charge in [-0.2, -0.15) is 0 Å². The normalized spacial score (nSPS) is 18.2. The van der Waals surface area contributed by atoms with E-state index >= 15 is 0 Å². The predicted octanol–water partition coefficient (Wildman–Crippen LogP) is 3.91. The first-order chi connectivity index (χ1) is 11.4. The molecule has 3 nitrogen and oxygen atoms in total. The van der Waals surface area contributed by atoms with Crippen LogP contribution in [-0.4, -0.2) is 26.3 Å². The number of sulfone groups is 1. The van der Waals surface area contributed by atoms with E-state index in [0.717, 1.165) is 28.5 Å². The third kappa shape index (κ3) is 3.38. The summed E-state index contributed by atoms with van der Waals surface area (Å²) in [6.07, 6.45) is 3.75. The van der Waals surface area contributed by atoms with E-state index in [9.17, 15) is 17.2 Å². The fourth-order valence-corrected chi connectivity index (χ4v) is 3.58. The first kappa shape index (κ1) is 16.8. The van der Waals surface area contributed by atoms with Crippen LogP contribution in [0.2, 0.25) is 0 Å². The molecule has 2 aromatic rings. The lowest BCUT2D eigenvalue weighted by molar-refractivity contribution is 0.379. The molecular formula is C18H17F2NO2S. The summed E-state index contributed by atoms with van der Waals surface area (Å²) in [7, 11) is -3.36. The Balaban J connectivity index is 2.04. The Labute approximate surface area is 140 Å². The van der Waals surface area contributed by atoms with Crippen LogP contribution in [0.5, 0.6) is 0 Å². The zero-order valence-electron chi connectivity index (χ0n) is 13.2. The number of benzene rings is 1. The molecular weight excluding hydrogens is 332 g/mol. The number of aromatic nitrogens is 1. The number of halogens is 2. The Kier molecular flexibility index (Phi) is 4.49. The van der Waals surface area contributed by atoms with Gasteiger partial charge in [-0.25, -0.2) is 17.8 Å². The van der Waals surface area contributed by atoms with E-state index in [-0.39, 0.29) is 16.8 Å². The van der Waals surface area contributed by atoms with Crippen LogP contribution in [-0.2, 0) is 9.84 Å². The molecule has 0 radical (unpaired) electrons. The van der Waals surface area contributed by atoms with Crippen LogP contribution in [0.4, 0.5) is 8.78 Å². The minimum Gasteiger partial charge on any atom is -0.251 e. The van der Waals surface area contributed by atoms with Crippen molar-refractivity contribution in [2.75, 3.05) is 12.9 Å². The van der Waals surface area contributed by atoms with Crippen molar-refractivity contribution >= 4 is 21.0 Å². The monoisotopic (exact) mass is 349 g/mol. The van der Waals surface area contributed by atoms with E-state index in [1.807, 2.05) is 0 Å². The number of hydrogen-bond donors (Lipinski definition) is 0. The lowest BCUT2D eigenvalue weighted by Gasteiger charge is -2.08. The Morgan fingerprint density at radius 3 is 2.12 bits per heavy atom. The second-order valence-electron chi connectivity index (χ2n) is 6.05. The molecule has 1 aliphatic rings. The Morgan fingerprint density at radius 2 is 1.62 bits per heavy atom. The molecule has 0 saturated heterocycles. The molecule has 1 heterocycles. The van der Waals surface area contributed by atoms with Gasteiger partial charge in [0, 0.05) is 12.5 Å². The zero-order chi connectivity index (χ0) is 17.3. The highest BCUT2D eigenvalue weighted by molar-refractivity contribution is 7.90. The van der Waals surface area contributed by atoms with Gasteiger partial charge in [-0.1, -0.05) is 18.2 Å². The topological polar surface area (TPSA) is 47.0 Å². The SMILES string of the molecule is CS(=O)(=O)c1ccc(C2=C(c3ccc(F)cc3)CC(CF)C2)cn1. The standard InChI is InChI=1S/C18H17F2NO2S/c1-24(22,23)18-7-4-14(11-21-18)17-9-12(10-19)8-16(17)13-2-5-15(20)6-3-13/h2-7,11-12H,8-10H2,1H3. The summed E-state index contributed by atoms with van der Waals surface area (Å²) in [5.41, 5.74) is 3.54. The van der Waals surface area contributed by atoms with Crippen molar-refractivity contribution in [3.05, 3.63) is 59.5 Å². The summed E-state index contributed by atoms with van der Waals surface area (Å²) in [6.45, 7) is -0.428. The Hall–Kier alpha value is -2.08. The van der Waals surface area contributed by atoms with E-state index in [4.69, 9.17) is 0 Å². The third-order valence-corrected chi connectivity index (χ3v) is 5.23. The van der Waals surface area contributed by atoms with Crippen LogP contribution >= 0.6 is 0 Å². The quantitative estimate of drug-likeness (QED) is 0.841. The summed E-state index contributed by atoms with van der Waals surface area (Å²) >= 11 is 0. The average Bonchev–Trinajstić information content (AvgIpc) is 2.99. The van der Waals surface area contributed by atoms with Gasteiger partial charge in [0.25, 0.3) is 0 Å².